The summed E-state index contributed by atoms with van der Waals surface area (Å²) in [5, 5.41) is 0. The first-order valence-electron chi connectivity index (χ1n) is 0. The fraction of sp³-hybridized carbons (Fsp3) is 0. The first-order valence-corrected chi connectivity index (χ1v) is 0. The maximum Gasteiger partial charge on any atom is 0 e. The van der Waals surface area contributed by atoms with Gasteiger partial charge in [0.05, 0.1) is 0 Å². The van der Waals surface area contributed by atoms with Crippen molar-refractivity contribution >= 4 is 26.2 Å². The van der Waals surface area contributed by atoms with Crippen molar-refractivity contribution in [2.24, 2.45) is 0 Å². The van der Waals surface area contributed by atoms with Crippen molar-refractivity contribution in [2.75, 3.05) is 0 Å². The summed E-state index contributed by atoms with van der Waals surface area (Å²) < 4.78 is 0. The Morgan fingerprint density at radius 3 is 1.00 bits per heavy atom. The molecular weight excluding hydrogens is 349 g/mol. The molecule has 1 radical (unpaired) electrons. The maximum atomic E-state index is 0. The monoisotopic (exact) mass is 353 g/mol. The van der Waals surface area contributed by atoms with Gasteiger partial charge >= 0.3 is 26.2 Å². The van der Waals surface area contributed by atoms with Crippen LogP contribution in [0.5, 0.6) is 0 Å². The van der Waals surface area contributed by atoms with E-state index in [1.807, 2.05) is 0 Å². The average Bonchev–Trinajstić information content (AvgIpc) is 0. The molecule has 1 nitrogen and oxygen atoms in total. The Balaban J connectivity index is 0. The van der Waals surface area contributed by atoms with Gasteiger partial charge in [0.15, 0.2) is 0 Å². The number of hydrogen-bond acceptors (Lipinski definition) is 0. The Hall–Kier alpha value is 1.97. The van der Waals surface area contributed by atoms with E-state index in [4.69, 9.17) is 0 Å². The normalized spacial score (nSPS) is 0. The van der Waals surface area contributed by atoms with E-state index in [0.717, 1.165) is 0 Å². The van der Waals surface area contributed by atoms with Gasteiger partial charge in [0, 0.05) is 36.3 Å². The average molecular weight is 354 g/mol. The van der Waals surface area contributed by atoms with Gasteiger partial charge in [-0.05, 0) is 0 Å². The Bertz CT molecular complexity index is 8.00. The van der Waals surface area contributed by atoms with Crippen LogP contribution in [0.15, 0.2) is 0 Å². The molecule has 0 aromatic heterocycles. The van der Waals surface area contributed by atoms with E-state index in [9.17, 15) is 0 Å². The first kappa shape index (κ1) is 37.9. The van der Waals surface area contributed by atoms with E-state index >= 15 is 0 Å². The molecule has 0 aliphatic carbocycles. The summed E-state index contributed by atoms with van der Waals surface area (Å²) in [7, 11) is 0. The second-order valence-electron chi connectivity index (χ2n) is 0. The molecule has 0 atom stereocenters. The largest absolute Gasteiger partial charge is 0 e. The van der Waals surface area contributed by atoms with Crippen LogP contribution in [0.2, 0.25) is 0 Å². The zero-order valence-electron chi connectivity index (χ0n) is 2.25. The van der Waals surface area contributed by atoms with Crippen molar-refractivity contribution in [3.8, 4) is 0 Å². The number of rotatable bonds is 0. The van der Waals surface area contributed by atoms with Crippen LogP contribution in [0, 0.1) is 0 Å². The first-order chi connectivity index (χ1) is 0. The second-order valence-corrected chi connectivity index (χ2v) is 0. The van der Waals surface area contributed by atoms with Crippen molar-refractivity contribution in [3.05, 3.63) is 0 Å². The van der Waals surface area contributed by atoms with Crippen molar-refractivity contribution in [2.45, 2.75) is 0 Å². The molecule has 0 rings (SSSR count). The zero-order valence-corrected chi connectivity index (χ0v) is 11.8. The number of hydrogen-bond donors (Lipinski definition) is 0. The maximum absolute atomic E-state index is 0. The molecule has 0 aliphatic heterocycles. The van der Waals surface area contributed by atoms with Crippen LogP contribution < -0.4 is 0 Å². The summed E-state index contributed by atoms with van der Waals surface area (Å²) >= 11 is 0. The third-order valence-electron chi connectivity index (χ3n) is 0. The molecule has 27 valence electrons. The summed E-state index contributed by atoms with van der Waals surface area (Å²) in [6.07, 6.45) is 0. The van der Waals surface area contributed by atoms with Gasteiger partial charge in [-0.2, -0.15) is 0 Å². The van der Waals surface area contributed by atoms with Crippen molar-refractivity contribution in [1.29, 1.82) is 0 Å². The Kier molecular flexibility index (Phi) is 191. The van der Waals surface area contributed by atoms with Crippen LogP contribution in [0.4, 0.5) is 0 Å². The van der Waals surface area contributed by atoms with Crippen LogP contribution in [-0.2, 0) is 36.3 Å². The molecule has 0 fully saturated rings. The van der Waals surface area contributed by atoms with Gasteiger partial charge in [-0.1, -0.05) is 0 Å². The second kappa shape index (κ2) is 20.2. The van der Waals surface area contributed by atoms with E-state index < -0.39 is 0 Å². The van der Waals surface area contributed by atoms with Gasteiger partial charge in [-0.25, -0.2) is 0 Å². The molecule has 2 N–H and O–H groups in total. The predicted molar refractivity (Wildman–Crippen MR) is 13.6 cm³/mol. The van der Waals surface area contributed by atoms with Gasteiger partial charge in [-0.3, -0.25) is 0 Å². The molecule has 0 spiro atoms. The molecule has 0 heterocycles. The van der Waals surface area contributed by atoms with Crippen LogP contribution in [0.25, 0.3) is 0 Å². The zero-order chi connectivity index (χ0) is 0. The Morgan fingerprint density at radius 1 is 1.00 bits per heavy atom. The van der Waals surface area contributed by atoms with E-state index in [2.05, 4.69) is 0 Å². The third-order valence-corrected chi connectivity index (χ3v) is 0. The van der Waals surface area contributed by atoms with Crippen LogP contribution >= 0.6 is 0 Å². The minimum Gasteiger partial charge on any atom is 0 e. The summed E-state index contributed by atoms with van der Waals surface area (Å²) in [6, 6.07) is 0. The molecule has 0 aliphatic rings. The van der Waals surface area contributed by atoms with Crippen molar-refractivity contribution in [3.63, 3.8) is 0 Å². The van der Waals surface area contributed by atoms with Crippen LogP contribution in [-0.4, -0.2) is 31.7 Å². The van der Waals surface area contributed by atoms with Gasteiger partial charge in [0.2, 0.25) is 0 Å². The fourth-order valence-corrected chi connectivity index (χ4v) is 0. The minimum absolute atomic E-state index is 0. The molecule has 0 unspecified atom stereocenters. The SMILES string of the molecule is O.[BiH3].[Co].[Zn]. The molecule has 0 saturated carbocycles. The van der Waals surface area contributed by atoms with Gasteiger partial charge in [0.1, 0.15) is 0 Å². The quantitative estimate of drug-likeness (QED) is 0.450. The molecule has 0 bridgehead atoms. The van der Waals surface area contributed by atoms with Crippen molar-refractivity contribution in [1.82, 2.24) is 0 Å². The standard InChI is InChI=1S/Bi.Co.H2O.Zn.3H/h;;1H2;;;;. The van der Waals surface area contributed by atoms with E-state index in [1.165, 1.54) is 0 Å². The Morgan fingerprint density at radius 2 is 1.00 bits per heavy atom. The molecule has 0 aromatic rings. The predicted octanol–water partition coefficient (Wildman–Crippen LogP) is -2.01. The smallest absolute Gasteiger partial charge is 0 e. The van der Waals surface area contributed by atoms with E-state index in [1.54, 1.807) is 0 Å². The molecular formula is H5BiCoOZn. The molecule has 0 amide bonds. The molecule has 0 aromatic carbocycles. The topological polar surface area (TPSA) is 31.5 Å². The minimum atomic E-state index is 0. The Labute approximate surface area is 67.3 Å². The summed E-state index contributed by atoms with van der Waals surface area (Å²) in [4.78, 5) is 0. The molecule has 4 heteroatoms. The van der Waals surface area contributed by atoms with E-state index in [0.29, 0.717) is 0 Å². The van der Waals surface area contributed by atoms with Crippen LogP contribution in [0.3, 0.4) is 0 Å². The van der Waals surface area contributed by atoms with E-state index in [-0.39, 0.29) is 67.9 Å². The third kappa shape index (κ3) is 9.02. The van der Waals surface area contributed by atoms with Gasteiger partial charge in [0.25, 0.3) is 0 Å². The van der Waals surface area contributed by atoms with Gasteiger partial charge in [-0.15, -0.1) is 0 Å². The van der Waals surface area contributed by atoms with Gasteiger partial charge < -0.3 is 5.48 Å². The summed E-state index contributed by atoms with van der Waals surface area (Å²) in [5.74, 6) is 0. The van der Waals surface area contributed by atoms with Crippen LogP contribution in [0.1, 0.15) is 0 Å². The van der Waals surface area contributed by atoms with Crippen molar-refractivity contribution < 1.29 is 41.7 Å². The summed E-state index contributed by atoms with van der Waals surface area (Å²) in [6.45, 7) is 0. The fourth-order valence-electron chi connectivity index (χ4n) is 0. The molecule has 0 saturated heterocycles. The molecule has 4 heavy (non-hydrogen) atoms. The summed E-state index contributed by atoms with van der Waals surface area (Å²) in [5.41, 5.74) is 0.